The molecule has 4 aliphatic rings. The van der Waals surface area contributed by atoms with Crippen LogP contribution in [0.5, 0.6) is 0 Å². The molecule has 2 fully saturated rings. The Balaban J connectivity index is 1.25. The van der Waals surface area contributed by atoms with Gasteiger partial charge in [0, 0.05) is 30.7 Å². The summed E-state index contributed by atoms with van der Waals surface area (Å²) in [5.41, 5.74) is 8.69. The highest BCUT2D eigenvalue weighted by atomic mass is 16.5. The summed E-state index contributed by atoms with van der Waals surface area (Å²) in [6.45, 7) is 4.81. The highest BCUT2D eigenvalue weighted by Crippen LogP contribution is 2.40. The summed E-state index contributed by atoms with van der Waals surface area (Å²) in [6.07, 6.45) is 4.68. The van der Waals surface area contributed by atoms with Gasteiger partial charge in [-0.15, -0.1) is 0 Å². The van der Waals surface area contributed by atoms with Crippen LogP contribution in [0, 0.1) is 0 Å². The molecule has 0 spiro atoms. The predicted octanol–water partition coefficient (Wildman–Crippen LogP) is 3.06. The van der Waals surface area contributed by atoms with E-state index in [0.29, 0.717) is 12.0 Å². The van der Waals surface area contributed by atoms with Crippen molar-refractivity contribution in [3.8, 4) is 0 Å². The molecule has 2 aromatic carbocycles. The standard InChI is InChI=1S/C24H29N3O/c1-2-19-12-25-8-6-17(19)9-16(1)20-10-18-3-4-21(11-23(18)26-13-20)24-7-5-22(27-24)14-28-15-24/h1-4,9,11,20,22,25-27H,5-8,10,12-15H2. The Morgan fingerprint density at radius 3 is 3.00 bits per heavy atom. The lowest BCUT2D eigenvalue weighted by atomic mass is 9.83. The molecule has 3 N–H and O–H groups in total. The molecule has 3 unspecified atom stereocenters. The molecule has 28 heavy (non-hydrogen) atoms. The average molecular weight is 376 g/mol. The van der Waals surface area contributed by atoms with Gasteiger partial charge >= 0.3 is 0 Å². The van der Waals surface area contributed by atoms with Gasteiger partial charge in [0.25, 0.3) is 0 Å². The number of fused-ring (bicyclic) bond motifs is 4. The second-order valence-electron chi connectivity index (χ2n) is 9.09. The van der Waals surface area contributed by atoms with Crippen LogP contribution < -0.4 is 16.0 Å². The Morgan fingerprint density at radius 2 is 2.00 bits per heavy atom. The van der Waals surface area contributed by atoms with Crippen molar-refractivity contribution in [1.29, 1.82) is 0 Å². The van der Waals surface area contributed by atoms with Gasteiger partial charge in [-0.1, -0.05) is 30.3 Å². The molecule has 4 nitrogen and oxygen atoms in total. The average Bonchev–Trinajstić information content (AvgIpc) is 3.07. The SMILES string of the molecule is c1cc2c(cc1C1CNc3cc(C45CCC(COC4)N5)ccc3C1)CCNC2. The van der Waals surface area contributed by atoms with Crippen LogP contribution in [0.3, 0.4) is 0 Å². The summed E-state index contributed by atoms with van der Waals surface area (Å²) in [4.78, 5) is 0. The summed E-state index contributed by atoms with van der Waals surface area (Å²) in [5, 5.41) is 11.0. The molecule has 0 radical (unpaired) electrons. The van der Waals surface area contributed by atoms with Crippen molar-refractivity contribution in [2.75, 3.05) is 31.6 Å². The first-order valence-electron chi connectivity index (χ1n) is 10.8. The van der Waals surface area contributed by atoms with Crippen LogP contribution in [-0.4, -0.2) is 32.3 Å². The van der Waals surface area contributed by atoms with Crippen LogP contribution in [0.1, 0.15) is 46.6 Å². The van der Waals surface area contributed by atoms with Crippen molar-refractivity contribution in [1.82, 2.24) is 10.6 Å². The van der Waals surface area contributed by atoms with E-state index in [4.69, 9.17) is 4.74 Å². The fourth-order valence-corrected chi connectivity index (χ4v) is 5.66. The number of rotatable bonds is 2. The molecule has 4 heteroatoms. The topological polar surface area (TPSA) is 45.3 Å². The molecule has 0 amide bonds. The number of morpholine rings is 1. The van der Waals surface area contributed by atoms with Crippen molar-refractivity contribution in [3.63, 3.8) is 0 Å². The van der Waals surface area contributed by atoms with Gasteiger partial charge < -0.3 is 20.7 Å². The first-order chi connectivity index (χ1) is 13.8. The molecule has 4 heterocycles. The molecule has 0 aromatic heterocycles. The van der Waals surface area contributed by atoms with Crippen LogP contribution in [-0.2, 0) is 29.7 Å². The van der Waals surface area contributed by atoms with Crippen molar-refractivity contribution < 1.29 is 4.74 Å². The zero-order valence-electron chi connectivity index (χ0n) is 16.4. The van der Waals surface area contributed by atoms with Crippen LogP contribution in [0.4, 0.5) is 5.69 Å². The Morgan fingerprint density at radius 1 is 1.04 bits per heavy atom. The zero-order valence-corrected chi connectivity index (χ0v) is 16.4. The lowest BCUT2D eigenvalue weighted by molar-refractivity contribution is 0.0288. The maximum atomic E-state index is 5.89. The molecule has 2 aromatic rings. The molecule has 3 atom stereocenters. The third-order valence-corrected chi connectivity index (χ3v) is 7.32. The predicted molar refractivity (Wildman–Crippen MR) is 112 cm³/mol. The van der Waals surface area contributed by atoms with E-state index < -0.39 is 0 Å². The first kappa shape index (κ1) is 17.0. The Kier molecular flexibility index (Phi) is 4.00. The molecule has 0 aliphatic carbocycles. The molecular weight excluding hydrogens is 346 g/mol. The van der Waals surface area contributed by atoms with Crippen molar-refractivity contribution >= 4 is 5.69 Å². The number of anilines is 1. The number of nitrogens with one attached hydrogen (secondary N) is 3. The quantitative estimate of drug-likeness (QED) is 0.755. The van der Waals surface area contributed by atoms with E-state index in [1.54, 1.807) is 0 Å². The normalized spacial score (nSPS) is 31.0. The van der Waals surface area contributed by atoms with Gasteiger partial charge in [0.1, 0.15) is 0 Å². The number of benzene rings is 2. The van der Waals surface area contributed by atoms with E-state index in [0.717, 1.165) is 45.7 Å². The van der Waals surface area contributed by atoms with Crippen LogP contribution in [0.15, 0.2) is 36.4 Å². The van der Waals surface area contributed by atoms with Crippen molar-refractivity contribution in [2.24, 2.45) is 0 Å². The summed E-state index contributed by atoms with van der Waals surface area (Å²) in [5.74, 6) is 0.559. The third kappa shape index (κ3) is 2.78. The van der Waals surface area contributed by atoms with Crippen molar-refractivity contribution in [3.05, 3.63) is 64.2 Å². The van der Waals surface area contributed by atoms with E-state index >= 15 is 0 Å². The summed E-state index contributed by atoms with van der Waals surface area (Å²) in [7, 11) is 0. The summed E-state index contributed by atoms with van der Waals surface area (Å²) >= 11 is 0. The minimum atomic E-state index is 0.0308. The largest absolute Gasteiger partial charge is 0.384 e. The molecule has 2 bridgehead atoms. The Bertz CT molecular complexity index is 907. The van der Waals surface area contributed by atoms with Gasteiger partial charge in [-0.05, 0) is 66.1 Å². The second-order valence-corrected chi connectivity index (χ2v) is 9.09. The lowest BCUT2D eigenvalue weighted by Crippen LogP contribution is -2.50. The fourth-order valence-electron chi connectivity index (χ4n) is 5.66. The van der Waals surface area contributed by atoms with Crippen LogP contribution in [0.25, 0.3) is 0 Å². The van der Waals surface area contributed by atoms with Crippen molar-refractivity contribution in [2.45, 2.75) is 49.7 Å². The van der Waals surface area contributed by atoms with E-state index in [-0.39, 0.29) is 5.54 Å². The molecule has 6 rings (SSSR count). The number of hydrogen-bond donors (Lipinski definition) is 3. The lowest BCUT2D eigenvalue weighted by Gasteiger charge is -2.36. The van der Waals surface area contributed by atoms with Gasteiger partial charge in [0.15, 0.2) is 0 Å². The highest BCUT2D eigenvalue weighted by Gasteiger charge is 2.43. The fraction of sp³-hybridized carbons (Fsp3) is 0.500. The minimum absolute atomic E-state index is 0.0308. The molecule has 4 aliphatic heterocycles. The molecule has 2 saturated heterocycles. The maximum Gasteiger partial charge on any atom is 0.0691 e. The van der Waals surface area contributed by atoms with Gasteiger partial charge in [-0.25, -0.2) is 0 Å². The third-order valence-electron chi connectivity index (χ3n) is 7.32. The van der Waals surface area contributed by atoms with Crippen LogP contribution >= 0.6 is 0 Å². The summed E-state index contributed by atoms with van der Waals surface area (Å²) in [6, 6.07) is 14.7. The zero-order chi connectivity index (χ0) is 18.6. The van der Waals surface area contributed by atoms with Gasteiger partial charge in [-0.3, -0.25) is 0 Å². The second kappa shape index (κ2) is 6.58. The Labute approximate surface area is 167 Å². The van der Waals surface area contributed by atoms with E-state index in [1.165, 1.54) is 46.3 Å². The van der Waals surface area contributed by atoms with Gasteiger partial charge in [0.2, 0.25) is 0 Å². The molecular formula is C24H29N3O. The van der Waals surface area contributed by atoms with Gasteiger partial charge in [-0.2, -0.15) is 0 Å². The first-order valence-corrected chi connectivity index (χ1v) is 10.8. The monoisotopic (exact) mass is 375 g/mol. The highest BCUT2D eigenvalue weighted by molar-refractivity contribution is 5.58. The molecule has 0 saturated carbocycles. The number of hydrogen-bond acceptors (Lipinski definition) is 4. The molecule has 146 valence electrons. The smallest absolute Gasteiger partial charge is 0.0691 e. The van der Waals surface area contributed by atoms with Gasteiger partial charge in [0.05, 0.1) is 18.8 Å². The minimum Gasteiger partial charge on any atom is -0.384 e. The van der Waals surface area contributed by atoms with E-state index in [9.17, 15) is 0 Å². The Hall–Kier alpha value is -1.88. The van der Waals surface area contributed by atoms with E-state index in [2.05, 4.69) is 52.3 Å². The van der Waals surface area contributed by atoms with E-state index in [1.807, 2.05) is 0 Å². The van der Waals surface area contributed by atoms with Crippen LogP contribution in [0.2, 0.25) is 0 Å². The number of ether oxygens (including phenoxy) is 1. The maximum absolute atomic E-state index is 5.89. The summed E-state index contributed by atoms with van der Waals surface area (Å²) < 4.78 is 5.89.